The summed E-state index contributed by atoms with van der Waals surface area (Å²) in [5.41, 5.74) is 2.88. The Balaban J connectivity index is 1.62. The summed E-state index contributed by atoms with van der Waals surface area (Å²) in [7, 11) is 1.72. The Kier molecular flexibility index (Phi) is 4.29. The quantitative estimate of drug-likeness (QED) is 0.920. The van der Waals surface area contributed by atoms with Gasteiger partial charge < -0.3 is 10.1 Å². The van der Waals surface area contributed by atoms with Crippen molar-refractivity contribution in [3.05, 3.63) is 50.7 Å². The minimum atomic E-state index is 0.537. The van der Waals surface area contributed by atoms with Gasteiger partial charge >= 0.3 is 0 Å². The van der Waals surface area contributed by atoms with E-state index in [0.717, 1.165) is 29.5 Å². The predicted molar refractivity (Wildman–Crippen MR) is 85.0 cm³/mol. The molecule has 0 radical (unpaired) electrons. The van der Waals surface area contributed by atoms with Crippen LogP contribution in [0, 0.1) is 0 Å². The molecule has 0 bridgehead atoms. The molecule has 20 heavy (non-hydrogen) atoms. The molecule has 0 amide bonds. The van der Waals surface area contributed by atoms with Crippen LogP contribution in [-0.4, -0.2) is 13.2 Å². The Morgan fingerprint density at radius 3 is 2.95 bits per heavy atom. The van der Waals surface area contributed by atoms with Crippen LogP contribution in [-0.2, 0) is 19.4 Å². The molecule has 0 spiro atoms. The summed E-state index contributed by atoms with van der Waals surface area (Å²) in [4.78, 5) is 1.30. The zero-order valence-electron chi connectivity index (χ0n) is 11.5. The number of thiophene rings is 1. The van der Waals surface area contributed by atoms with Crippen molar-refractivity contribution in [2.75, 3.05) is 7.11 Å². The lowest BCUT2D eigenvalue weighted by Crippen LogP contribution is -2.33. The molecule has 0 saturated heterocycles. The van der Waals surface area contributed by atoms with E-state index in [1.165, 1.54) is 22.4 Å². The van der Waals surface area contributed by atoms with Gasteiger partial charge in [0.25, 0.3) is 0 Å². The van der Waals surface area contributed by atoms with Gasteiger partial charge in [0.15, 0.2) is 0 Å². The molecular weight excluding hydrogens is 290 g/mol. The molecule has 2 aromatic rings. The maximum atomic E-state index is 5.96. The highest BCUT2D eigenvalue weighted by molar-refractivity contribution is 7.16. The lowest BCUT2D eigenvalue weighted by Gasteiger charge is -2.25. The summed E-state index contributed by atoms with van der Waals surface area (Å²) < 4.78 is 6.18. The summed E-state index contributed by atoms with van der Waals surface area (Å²) in [5.74, 6) is 0.953. The highest BCUT2D eigenvalue weighted by Crippen LogP contribution is 2.26. The molecule has 1 aliphatic carbocycles. The lowest BCUT2D eigenvalue weighted by molar-refractivity contribution is 0.411. The monoisotopic (exact) mass is 307 g/mol. The van der Waals surface area contributed by atoms with E-state index in [2.05, 4.69) is 29.6 Å². The smallest absolute Gasteiger partial charge is 0.119 e. The molecule has 106 valence electrons. The molecule has 0 aliphatic heterocycles. The molecular formula is C16H18ClNOS. The minimum absolute atomic E-state index is 0.537. The van der Waals surface area contributed by atoms with E-state index in [-0.39, 0.29) is 0 Å². The fraction of sp³-hybridized carbons (Fsp3) is 0.375. The molecule has 1 heterocycles. The standard InChI is InChI=1S/C16H18ClNOS/c1-19-14-5-3-11-2-4-13(8-12(11)9-14)18-10-15-6-7-16(17)20-15/h3,5-7,9,13,18H,2,4,8,10H2,1H3. The van der Waals surface area contributed by atoms with Crippen molar-refractivity contribution in [3.8, 4) is 5.75 Å². The topological polar surface area (TPSA) is 21.3 Å². The number of hydrogen-bond acceptors (Lipinski definition) is 3. The minimum Gasteiger partial charge on any atom is -0.497 e. The normalized spacial score (nSPS) is 17.8. The first-order valence-corrected chi connectivity index (χ1v) is 8.07. The van der Waals surface area contributed by atoms with Gasteiger partial charge in [-0.1, -0.05) is 17.7 Å². The number of methoxy groups -OCH3 is 1. The number of nitrogens with one attached hydrogen (secondary N) is 1. The van der Waals surface area contributed by atoms with Gasteiger partial charge in [0, 0.05) is 17.5 Å². The van der Waals surface area contributed by atoms with Crippen molar-refractivity contribution >= 4 is 22.9 Å². The second-order valence-corrected chi connectivity index (χ2v) is 6.96. The fourth-order valence-corrected chi connectivity index (χ4v) is 3.76. The number of benzene rings is 1. The first kappa shape index (κ1) is 13.9. The van der Waals surface area contributed by atoms with Gasteiger partial charge in [-0.2, -0.15) is 0 Å². The van der Waals surface area contributed by atoms with Crippen LogP contribution < -0.4 is 10.1 Å². The van der Waals surface area contributed by atoms with Gasteiger partial charge in [0.05, 0.1) is 11.4 Å². The van der Waals surface area contributed by atoms with Crippen molar-refractivity contribution in [2.45, 2.75) is 31.8 Å². The molecule has 1 atom stereocenters. The Labute approximate surface area is 128 Å². The molecule has 1 aromatic heterocycles. The summed E-state index contributed by atoms with van der Waals surface area (Å²) in [6.07, 6.45) is 3.41. The molecule has 3 rings (SSSR count). The lowest BCUT2D eigenvalue weighted by atomic mass is 9.88. The van der Waals surface area contributed by atoms with E-state index in [1.54, 1.807) is 18.4 Å². The molecule has 1 N–H and O–H groups in total. The van der Waals surface area contributed by atoms with Crippen molar-refractivity contribution in [2.24, 2.45) is 0 Å². The molecule has 0 saturated carbocycles. The van der Waals surface area contributed by atoms with Crippen molar-refractivity contribution in [1.29, 1.82) is 0 Å². The molecule has 4 heteroatoms. The van der Waals surface area contributed by atoms with Crippen molar-refractivity contribution in [3.63, 3.8) is 0 Å². The van der Waals surface area contributed by atoms with Gasteiger partial charge in [-0.15, -0.1) is 11.3 Å². The van der Waals surface area contributed by atoms with Gasteiger partial charge in [-0.3, -0.25) is 0 Å². The van der Waals surface area contributed by atoms with E-state index in [1.807, 2.05) is 6.07 Å². The number of ether oxygens (including phenoxy) is 1. The van der Waals surface area contributed by atoms with E-state index in [0.29, 0.717) is 6.04 Å². The molecule has 1 aliphatic rings. The molecule has 1 unspecified atom stereocenters. The molecule has 1 aromatic carbocycles. The molecule has 0 fully saturated rings. The third-order valence-corrected chi connectivity index (χ3v) is 5.07. The van der Waals surface area contributed by atoms with Crippen LogP contribution in [0.1, 0.15) is 22.4 Å². The maximum absolute atomic E-state index is 5.96. The Morgan fingerprint density at radius 1 is 1.30 bits per heavy atom. The van der Waals surface area contributed by atoms with E-state index in [4.69, 9.17) is 16.3 Å². The summed E-state index contributed by atoms with van der Waals surface area (Å²) in [6, 6.07) is 11.0. The number of fused-ring (bicyclic) bond motifs is 1. The SMILES string of the molecule is COc1ccc2c(c1)CC(NCc1ccc(Cl)s1)CC2. The summed E-state index contributed by atoms with van der Waals surface area (Å²) in [6.45, 7) is 0.904. The van der Waals surface area contributed by atoms with Crippen LogP contribution >= 0.6 is 22.9 Å². The van der Waals surface area contributed by atoms with Gasteiger partial charge in [0.2, 0.25) is 0 Å². The van der Waals surface area contributed by atoms with Crippen molar-refractivity contribution < 1.29 is 4.74 Å². The van der Waals surface area contributed by atoms with Crippen LogP contribution in [0.3, 0.4) is 0 Å². The van der Waals surface area contributed by atoms with Crippen LogP contribution in [0.2, 0.25) is 4.34 Å². The summed E-state index contributed by atoms with van der Waals surface area (Å²) >= 11 is 7.61. The average molecular weight is 308 g/mol. The average Bonchev–Trinajstić information content (AvgIpc) is 2.90. The van der Waals surface area contributed by atoms with Crippen LogP contribution in [0.15, 0.2) is 30.3 Å². The van der Waals surface area contributed by atoms with E-state index in [9.17, 15) is 0 Å². The van der Waals surface area contributed by atoms with Crippen molar-refractivity contribution in [1.82, 2.24) is 5.32 Å². The largest absolute Gasteiger partial charge is 0.497 e. The highest BCUT2D eigenvalue weighted by Gasteiger charge is 2.18. The van der Waals surface area contributed by atoms with E-state index >= 15 is 0 Å². The van der Waals surface area contributed by atoms with Gasteiger partial charge in [-0.05, 0) is 54.7 Å². The zero-order chi connectivity index (χ0) is 13.9. The number of rotatable bonds is 4. The Bertz CT molecular complexity index is 596. The van der Waals surface area contributed by atoms with Gasteiger partial charge in [0.1, 0.15) is 5.75 Å². The van der Waals surface area contributed by atoms with Crippen LogP contribution in [0.4, 0.5) is 0 Å². The van der Waals surface area contributed by atoms with E-state index < -0.39 is 0 Å². The third-order valence-electron chi connectivity index (χ3n) is 3.84. The highest BCUT2D eigenvalue weighted by atomic mass is 35.5. The zero-order valence-corrected chi connectivity index (χ0v) is 13.1. The Morgan fingerprint density at radius 2 is 2.20 bits per heavy atom. The first-order chi connectivity index (χ1) is 9.74. The predicted octanol–water partition coefficient (Wildman–Crippen LogP) is 4.06. The second-order valence-electron chi connectivity index (χ2n) is 5.16. The number of aryl methyl sites for hydroxylation is 1. The van der Waals surface area contributed by atoms with Crippen LogP contribution in [0.5, 0.6) is 5.75 Å². The van der Waals surface area contributed by atoms with Gasteiger partial charge in [-0.25, -0.2) is 0 Å². The number of halogens is 1. The van der Waals surface area contributed by atoms with Crippen LogP contribution in [0.25, 0.3) is 0 Å². The maximum Gasteiger partial charge on any atom is 0.119 e. The fourth-order valence-electron chi connectivity index (χ4n) is 2.73. The first-order valence-electron chi connectivity index (χ1n) is 6.88. The Hall–Kier alpha value is -1.03. The number of hydrogen-bond donors (Lipinski definition) is 1. The summed E-state index contributed by atoms with van der Waals surface area (Å²) in [5, 5.41) is 3.64. The second kappa shape index (κ2) is 6.17. The molecule has 2 nitrogen and oxygen atoms in total. The third kappa shape index (κ3) is 3.17.